The molecule has 7 heteroatoms. The van der Waals surface area contributed by atoms with E-state index in [9.17, 15) is 8.42 Å². The van der Waals surface area contributed by atoms with E-state index < -0.39 is 10.0 Å². The van der Waals surface area contributed by atoms with Gasteiger partial charge in [-0.15, -0.1) is 0 Å². The molecule has 0 aliphatic heterocycles. The molecule has 0 unspecified atom stereocenters. The third-order valence-electron chi connectivity index (χ3n) is 3.57. The Balaban J connectivity index is 1.84. The minimum absolute atomic E-state index is 0.0664. The van der Waals surface area contributed by atoms with Gasteiger partial charge >= 0.3 is 0 Å². The fourth-order valence-corrected chi connectivity index (χ4v) is 2.74. The van der Waals surface area contributed by atoms with Crippen LogP contribution >= 0.6 is 0 Å². The summed E-state index contributed by atoms with van der Waals surface area (Å²) in [6.45, 7) is 1.53. The second-order valence-corrected chi connectivity index (χ2v) is 6.82. The van der Waals surface area contributed by atoms with Crippen molar-refractivity contribution in [3.63, 3.8) is 0 Å². The van der Waals surface area contributed by atoms with Crippen molar-refractivity contribution >= 4 is 10.0 Å². The highest BCUT2D eigenvalue weighted by Crippen LogP contribution is 2.47. The van der Waals surface area contributed by atoms with Crippen LogP contribution in [0.4, 0.5) is 0 Å². The highest BCUT2D eigenvalue weighted by atomic mass is 32.2. The minimum Gasteiger partial charge on any atom is -0.447 e. The quantitative estimate of drug-likeness (QED) is 0.645. The van der Waals surface area contributed by atoms with Crippen molar-refractivity contribution < 1.29 is 17.9 Å². The highest BCUT2D eigenvalue weighted by molar-refractivity contribution is 7.89. The number of sulfonamides is 1. The summed E-state index contributed by atoms with van der Waals surface area (Å²) >= 11 is 0. The molecule has 108 valence electrons. The lowest BCUT2D eigenvalue weighted by Gasteiger charge is -2.13. The lowest BCUT2D eigenvalue weighted by Crippen LogP contribution is -2.24. The van der Waals surface area contributed by atoms with E-state index in [0.29, 0.717) is 12.3 Å². The molecule has 0 bridgehead atoms. The van der Waals surface area contributed by atoms with Gasteiger partial charge in [-0.3, -0.25) is 0 Å². The van der Waals surface area contributed by atoms with E-state index in [1.54, 1.807) is 6.07 Å². The van der Waals surface area contributed by atoms with Gasteiger partial charge in [0.2, 0.25) is 5.09 Å². The van der Waals surface area contributed by atoms with Crippen LogP contribution in [0.15, 0.2) is 21.6 Å². The van der Waals surface area contributed by atoms with Crippen LogP contribution in [0.25, 0.3) is 0 Å². The fraction of sp³-hybridized carbons (Fsp3) is 0.667. The standard InChI is InChI=1S/C12H20N2O4S/c1-13-19(16,17)11-3-2-10(18-11)8-14-9-12(4-5-12)6-7-15/h2-3,13-15H,4-9H2,1H3. The molecule has 19 heavy (non-hydrogen) atoms. The smallest absolute Gasteiger partial charge is 0.273 e. The van der Waals surface area contributed by atoms with Crippen molar-refractivity contribution in [3.05, 3.63) is 17.9 Å². The predicted molar refractivity (Wildman–Crippen MR) is 70.0 cm³/mol. The van der Waals surface area contributed by atoms with Crippen molar-refractivity contribution in [1.82, 2.24) is 10.0 Å². The average molecular weight is 288 g/mol. The van der Waals surface area contributed by atoms with Crippen LogP contribution in [0, 0.1) is 5.41 Å². The van der Waals surface area contributed by atoms with Gasteiger partial charge in [0.05, 0.1) is 6.54 Å². The molecule has 6 nitrogen and oxygen atoms in total. The first-order chi connectivity index (χ1) is 9.01. The van der Waals surface area contributed by atoms with Gasteiger partial charge in [0, 0.05) is 13.2 Å². The van der Waals surface area contributed by atoms with Gasteiger partial charge < -0.3 is 14.8 Å². The second-order valence-electron chi connectivity index (χ2n) is 5.01. The molecule has 1 aromatic heterocycles. The maximum absolute atomic E-state index is 11.5. The molecule has 0 amide bonds. The van der Waals surface area contributed by atoms with E-state index >= 15 is 0 Å². The molecule has 1 saturated carbocycles. The Bertz CT molecular complexity index is 520. The van der Waals surface area contributed by atoms with Gasteiger partial charge in [0.15, 0.2) is 0 Å². The van der Waals surface area contributed by atoms with Crippen LogP contribution in [0.2, 0.25) is 0 Å². The third kappa shape index (κ3) is 3.56. The number of aliphatic hydroxyl groups excluding tert-OH is 1. The first-order valence-electron chi connectivity index (χ1n) is 6.35. The Hall–Kier alpha value is -0.890. The van der Waals surface area contributed by atoms with E-state index in [-0.39, 0.29) is 17.1 Å². The summed E-state index contributed by atoms with van der Waals surface area (Å²) in [7, 11) is -2.16. The Morgan fingerprint density at radius 2 is 2.16 bits per heavy atom. The first-order valence-corrected chi connectivity index (χ1v) is 7.83. The molecule has 0 atom stereocenters. The maximum atomic E-state index is 11.5. The van der Waals surface area contributed by atoms with Crippen LogP contribution in [0.3, 0.4) is 0 Å². The van der Waals surface area contributed by atoms with Gasteiger partial charge in [-0.1, -0.05) is 0 Å². The van der Waals surface area contributed by atoms with Crippen LogP contribution in [0.1, 0.15) is 25.0 Å². The molecule has 1 fully saturated rings. The molecule has 0 saturated heterocycles. The molecule has 3 N–H and O–H groups in total. The average Bonchev–Trinajstić information content (AvgIpc) is 2.96. The Morgan fingerprint density at radius 1 is 1.42 bits per heavy atom. The zero-order chi connectivity index (χ0) is 13.9. The zero-order valence-corrected chi connectivity index (χ0v) is 11.8. The fourth-order valence-electron chi connectivity index (χ4n) is 2.08. The second kappa shape index (κ2) is 5.62. The number of rotatable bonds is 8. The lowest BCUT2D eigenvalue weighted by atomic mass is 10.0. The van der Waals surface area contributed by atoms with Gasteiger partial charge in [-0.2, -0.15) is 0 Å². The van der Waals surface area contributed by atoms with Gasteiger partial charge in [-0.25, -0.2) is 13.1 Å². The largest absolute Gasteiger partial charge is 0.447 e. The molecule has 0 spiro atoms. The van der Waals surface area contributed by atoms with Crippen LogP contribution < -0.4 is 10.0 Å². The van der Waals surface area contributed by atoms with Crippen LogP contribution in [0.5, 0.6) is 0 Å². The number of hydrogen-bond donors (Lipinski definition) is 3. The summed E-state index contributed by atoms with van der Waals surface area (Å²) in [6.07, 6.45) is 3.09. The SMILES string of the molecule is CNS(=O)(=O)c1ccc(CNCC2(CCO)CC2)o1. The normalized spacial score (nSPS) is 17.6. The van der Waals surface area contributed by atoms with Crippen molar-refractivity contribution in [1.29, 1.82) is 0 Å². The minimum atomic E-state index is -3.50. The van der Waals surface area contributed by atoms with Crippen LogP contribution in [-0.2, 0) is 16.6 Å². The van der Waals surface area contributed by atoms with Crippen LogP contribution in [-0.4, -0.2) is 33.7 Å². The first kappa shape index (κ1) is 14.5. The van der Waals surface area contributed by atoms with Gasteiger partial charge in [-0.05, 0) is 43.9 Å². The number of furan rings is 1. The Labute approximate surface area is 113 Å². The molecule has 1 heterocycles. The molecule has 1 aromatic rings. The van der Waals surface area contributed by atoms with Crippen molar-refractivity contribution in [3.8, 4) is 0 Å². The van der Waals surface area contributed by atoms with Crippen molar-refractivity contribution in [2.45, 2.75) is 30.9 Å². The topological polar surface area (TPSA) is 91.6 Å². The maximum Gasteiger partial charge on any atom is 0.273 e. The molecule has 0 radical (unpaired) electrons. The third-order valence-corrected chi connectivity index (χ3v) is 4.86. The summed E-state index contributed by atoms with van der Waals surface area (Å²) in [5, 5.41) is 12.1. The van der Waals surface area contributed by atoms with E-state index in [1.165, 1.54) is 13.1 Å². The zero-order valence-electron chi connectivity index (χ0n) is 11.0. The Morgan fingerprint density at radius 3 is 2.74 bits per heavy atom. The van der Waals surface area contributed by atoms with Crippen molar-refractivity contribution in [2.75, 3.05) is 20.2 Å². The summed E-state index contributed by atoms with van der Waals surface area (Å²) in [5.74, 6) is 0.591. The van der Waals surface area contributed by atoms with E-state index in [2.05, 4.69) is 10.0 Å². The summed E-state index contributed by atoms with van der Waals surface area (Å²) in [4.78, 5) is 0. The predicted octanol–water partition coefficient (Wildman–Crippen LogP) is 0.440. The van der Waals surface area contributed by atoms with Crippen molar-refractivity contribution in [2.24, 2.45) is 5.41 Å². The van der Waals surface area contributed by atoms with E-state index in [4.69, 9.17) is 9.52 Å². The molecular weight excluding hydrogens is 268 g/mol. The molecule has 2 rings (SSSR count). The van der Waals surface area contributed by atoms with E-state index in [0.717, 1.165) is 25.8 Å². The highest BCUT2D eigenvalue weighted by Gasteiger charge is 2.41. The lowest BCUT2D eigenvalue weighted by molar-refractivity contribution is 0.244. The summed E-state index contributed by atoms with van der Waals surface area (Å²) in [6, 6.07) is 3.10. The summed E-state index contributed by atoms with van der Waals surface area (Å²) < 4.78 is 30.5. The number of nitrogens with one attached hydrogen (secondary N) is 2. The van der Waals surface area contributed by atoms with E-state index in [1.807, 2.05) is 0 Å². The molecule has 1 aliphatic carbocycles. The monoisotopic (exact) mass is 288 g/mol. The molecular formula is C12H20N2O4S. The molecule has 0 aromatic carbocycles. The van der Waals surface area contributed by atoms with Gasteiger partial charge in [0.25, 0.3) is 10.0 Å². The number of aliphatic hydroxyl groups is 1. The van der Waals surface area contributed by atoms with Gasteiger partial charge in [0.1, 0.15) is 5.76 Å². The molecule has 1 aliphatic rings. The number of hydrogen-bond acceptors (Lipinski definition) is 5. The summed E-state index contributed by atoms with van der Waals surface area (Å²) in [5.41, 5.74) is 0.237. The Kier molecular flexibility index (Phi) is 4.29.